The number of amides is 1. The zero-order valence-electron chi connectivity index (χ0n) is 11.7. The van der Waals surface area contributed by atoms with Crippen molar-refractivity contribution < 1.29 is 13.9 Å². The largest absolute Gasteiger partial charge is 0.479 e. The number of halogens is 2. The Labute approximate surface area is 127 Å². The Kier molecular flexibility index (Phi) is 4.81. The standard InChI is InChI=1S/C16H15ClFNO2/c1-10-3-6-13(7-4-10)19-16(20)11(2)21-15-8-5-12(18)9-14(15)17/h3-9,11H,1-2H3,(H,19,20). The van der Waals surface area contributed by atoms with Gasteiger partial charge in [0.05, 0.1) is 5.02 Å². The van der Waals surface area contributed by atoms with Gasteiger partial charge in [-0.3, -0.25) is 4.79 Å². The molecule has 2 aromatic rings. The van der Waals surface area contributed by atoms with E-state index in [1.54, 1.807) is 6.92 Å². The van der Waals surface area contributed by atoms with Crippen LogP contribution in [-0.2, 0) is 4.79 Å². The molecule has 1 amide bonds. The molecule has 2 rings (SSSR count). The maximum atomic E-state index is 12.9. The van der Waals surface area contributed by atoms with Crippen LogP contribution in [0, 0.1) is 12.7 Å². The van der Waals surface area contributed by atoms with Crippen molar-refractivity contribution in [3.8, 4) is 5.75 Å². The maximum Gasteiger partial charge on any atom is 0.265 e. The first kappa shape index (κ1) is 15.3. The fourth-order valence-electron chi connectivity index (χ4n) is 1.70. The quantitative estimate of drug-likeness (QED) is 0.919. The van der Waals surface area contributed by atoms with Crippen molar-refractivity contribution in [2.75, 3.05) is 5.32 Å². The van der Waals surface area contributed by atoms with Crippen LogP contribution in [0.5, 0.6) is 5.75 Å². The van der Waals surface area contributed by atoms with Gasteiger partial charge in [-0.1, -0.05) is 29.3 Å². The normalized spacial score (nSPS) is 11.8. The molecule has 0 heterocycles. The van der Waals surface area contributed by atoms with Crippen LogP contribution < -0.4 is 10.1 Å². The summed E-state index contributed by atoms with van der Waals surface area (Å²) in [6.45, 7) is 3.57. The summed E-state index contributed by atoms with van der Waals surface area (Å²) in [5.41, 5.74) is 1.79. The third-order valence-electron chi connectivity index (χ3n) is 2.89. The first-order chi connectivity index (χ1) is 9.95. The molecule has 1 unspecified atom stereocenters. The van der Waals surface area contributed by atoms with Gasteiger partial charge in [0.25, 0.3) is 5.91 Å². The summed E-state index contributed by atoms with van der Waals surface area (Å²) in [5.74, 6) is -0.493. The lowest BCUT2D eigenvalue weighted by molar-refractivity contribution is -0.122. The smallest absolute Gasteiger partial charge is 0.265 e. The molecule has 2 aromatic carbocycles. The van der Waals surface area contributed by atoms with Crippen LogP contribution in [0.3, 0.4) is 0 Å². The number of carbonyl (C=O) groups excluding carboxylic acids is 1. The summed E-state index contributed by atoms with van der Waals surface area (Å²) in [6, 6.07) is 11.2. The number of hydrogen-bond acceptors (Lipinski definition) is 2. The zero-order valence-corrected chi connectivity index (χ0v) is 12.4. The Morgan fingerprint density at radius 1 is 1.24 bits per heavy atom. The lowest BCUT2D eigenvalue weighted by Crippen LogP contribution is -2.30. The monoisotopic (exact) mass is 307 g/mol. The number of nitrogens with one attached hydrogen (secondary N) is 1. The van der Waals surface area contributed by atoms with E-state index in [2.05, 4.69) is 5.32 Å². The topological polar surface area (TPSA) is 38.3 Å². The molecule has 0 aliphatic carbocycles. The van der Waals surface area contributed by atoms with Crippen LogP contribution in [0.15, 0.2) is 42.5 Å². The Morgan fingerprint density at radius 3 is 2.52 bits per heavy atom. The molecule has 3 nitrogen and oxygen atoms in total. The highest BCUT2D eigenvalue weighted by Gasteiger charge is 2.16. The van der Waals surface area contributed by atoms with Crippen molar-refractivity contribution in [3.63, 3.8) is 0 Å². The number of carbonyl (C=O) groups is 1. The number of ether oxygens (including phenoxy) is 1. The molecule has 0 fully saturated rings. The van der Waals surface area contributed by atoms with E-state index in [1.807, 2.05) is 31.2 Å². The average Bonchev–Trinajstić information content (AvgIpc) is 2.44. The van der Waals surface area contributed by atoms with Crippen molar-refractivity contribution in [3.05, 3.63) is 58.9 Å². The van der Waals surface area contributed by atoms with Crippen LogP contribution in [-0.4, -0.2) is 12.0 Å². The molecule has 5 heteroatoms. The van der Waals surface area contributed by atoms with Crippen molar-refractivity contribution in [2.24, 2.45) is 0 Å². The number of benzene rings is 2. The van der Waals surface area contributed by atoms with E-state index in [0.717, 1.165) is 11.6 Å². The van der Waals surface area contributed by atoms with Gasteiger partial charge in [-0.05, 0) is 44.2 Å². The minimum absolute atomic E-state index is 0.130. The van der Waals surface area contributed by atoms with Crippen LogP contribution in [0.1, 0.15) is 12.5 Å². The summed E-state index contributed by atoms with van der Waals surface area (Å²) in [7, 11) is 0. The molecule has 0 bridgehead atoms. The summed E-state index contributed by atoms with van der Waals surface area (Å²) >= 11 is 5.86. The predicted octanol–water partition coefficient (Wildman–Crippen LogP) is 4.19. The molecule has 0 aromatic heterocycles. The summed E-state index contributed by atoms with van der Waals surface area (Å²) in [4.78, 5) is 12.0. The number of aryl methyl sites for hydroxylation is 1. The van der Waals surface area contributed by atoms with E-state index in [1.165, 1.54) is 12.1 Å². The van der Waals surface area contributed by atoms with Crippen molar-refractivity contribution >= 4 is 23.2 Å². The minimum atomic E-state index is -0.755. The van der Waals surface area contributed by atoms with Crippen LogP contribution in [0.4, 0.5) is 10.1 Å². The van der Waals surface area contributed by atoms with Gasteiger partial charge in [0, 0.05) is 5.69 Å². The first-order valence-electron chi connectivity index (χ1n) is 6.45. The average molecular weight is 308 g/mol. The second kappa shape index (κ2) is 6.59. The zero-order chi connectivity index (χ0) is 15.4. The highest BCUT2D eigenvalue weighted by molar-refractivity contribution is 6.32. The molecule has 0 saturated carbocycles. The fourth-order valence-corrected chi connectivity index (χ4v) is 1.91. The highest BCUT2D eigenvalue weighted by atomic mass is 35.5. The lowest BCUT2D eigenvalue weighted by atomic mass is 10.2. The predicted molar refractivity (Wildman–Crippen MR) is 81.3 cm³/mol. The Balaban J connectivity index is 2.00. The molecule has 21 heavy (non-hydrogen) atoms. The Bertz CT molecular complexity index is 643. The number of hydrogen-bond donors (Lipinski definition) is 1. The number of anilines is 1. The van der Waals surface area contributed by atoms with Crippen molar-refractivity contribution in [2.45, 2.75) is 20.0 Å². The molecular formula is C16H15ClFNO2. The lowest BCUT2D eigenvalue weighted by Gasteiger charge is -2.15. The van der Waals surface area contributed by atoms with E-state index in [4.69, 9.17) is 16.3 Å². The van der Waals surface area contributed by atoms with Gasteiger partial charge in [0.15, 0.2) is 6.10 Å². The van der Waals surface area contributed by atoms with Crippen molar-refractivity contribution in [1.29, 1.82) is 0 Å². The summed E-state index contributed by atoms with van der Waals surface area (Å²) in [5, 5.41) is 2.87. The number of rotatable bonds is 4. The van der Waals surface area contributed by atoms with Crippen LogP contribution in [0.2, 0.25) is 5.02 Å². The summed E-state index contributed by atoms with van der Waals surface area (Å²) in [6.07, 6.45) is -0.755. The fraction of sp³-hybridized carbons (Fsp3) is 0.188. The molecule has 0 aliphatic rings. The Hall–Kier alpha value is -2.07. The van der Waals surface area contributed by atoms with Gasteiger partial charge in [-0.2, -0.15) is 0 Å². The van der Waals surface area contributed by atoms with Gasteiger partial charge in [-0.15, -0.1) is 0 Å². The van der Waals surface area contributed by atoms with Gasteiger partial charge in [0.2, 0.25) is 0 Å². The van der Waals surface area contributed by atoms with E-state index >= 15 is 0 Å². The molecule has 0 aliphatic heterocycles. The molecule has 1 atom stereocenters. The minimum Gasteiger partial charge on any atom is -0.479 e. The van der Waals surface area contributed by atoms with Crippen LogP contribution >= 0.6 is 11.6 Å². The molecule has 110 valence electrons. The third-order valence-corrected chi connectivity index (χ3v) is 3.18. The first-order valence-corrected chi connectivity index (χ1v) is 6.83. The van der Waals surface area contributed by atoms with E-state index in [9.17, 15) is 9.18 Å². The van der Waals surface area contributed by atoms with Crippen molar-refractivity contribution in [1.82, 2.24) is 0 Å². The van der Waals surface area contributed by atoms with Gasteiger partial charge in [-0.25, -0.2) is 4.39 Å². The van der Waals surface area contributed by atoms with E-state index in [-0.39, 0.29) is 16.7 Å². The SMILES string of the molecule is Cc1ccc(NC(=O)C(C)Oc2ccc(F)cc2Cl)cc1. The van der Waals surface area contributed by atoms with Gasteiger partial charge < -0.3 is 10.1 Å². The molecular weight excluding hydrogens is 293 g/mol. The molecule has 1 N–H and O–H groups in total. The van der Waals surface area contributed by atoms with Gasteiger partial charge >= 0.3 is 0 Å². The van der Waals surface area contributed by atoms with E-state index < -0.39 is 11.9 Å². The van der Waals surface area contributed by atoms with E-state index in [0.29, 0.717) is 5.69 Å². The summed E-state index contributed by atoms with van der Waals surface area (Å²) < 4.78 is 18.4. The van der Waals surface area contributed by atoms with Crippen LogP contribution in [0.25, 0.3) is 0 Å². The third kappa shape index (κ3) is 4.20. The molecule has 0 saturated heterocycles. The highest BCUT2D eigenvalue weighted by Crippen LogP contribution is 2.26. The Morgan fingerprint density at radius 2 is 1.90 bits per heavy atom. The second-order valence-electron chi connectivity index (χ2n) is 4.69. The second-order valence-corrected chi connectivity index (χ2v) is 5.10. The molecule has 0 spiro atoms. The maximum absolute atomic E-state index is 12.9. The van der Waals surface area contributed by atoms with Gasteiger partial charge in [0.1, 0.15) is 11.6 Å². The molecule has 0 radical (unpaired) electrons.